The van der Waals surface area contributed by atoms with Crippen LogP contribution in [-0.4, -0.2) is 0 Å². The van der Waals surface area contributed by atoms with Crippen molar-refractivity contribution < 1.29 is 0 Å². The summed E-state index contributed by atoms with van der Waals surface area (Å²) in [6.45, 7) is 25.0. The Bertz CT molecular complexity index is 987. The third-order valence-electron chi connectivity index (χ3n) is 8.86. The van der Waals surface area contributed by atoms with Crippen LogP contribution < -0.4 is 0 Å². The van der Waals surface area contributed by atoms with E-state index in [0.29, 0.717) is 17.8 Å². The van der Waals surface area contributed by atoms with Crippen molar-refractivity contribution in [1.29, 1.82) is 0 Å². The molecule has 5 atom stereocenters. The van der Waals surface area contributed by atoms with Crippen LogP contribution in [0.15, 0.2) is 79.4 Å². The first-order chi connectivity index (χ1) is 16.7. The lowest BCUT2D eigenvalue weighted by molar-refractivity contribution is 0.146. The highest BCUT2D eigenvalue weighted by atomic mass is 14.4. The van der Waals surface area contributed by atoms with Gasteiger partial charge in [-0.25, -0.2) is 0 Å². The van der Waals surface area contributed by atoms with Gasteiger partial charge in [0.25, 0.3) is 0 Å². The lowest BCUT2D eigenvalue weighted by atomic mass is 9.64. The third-order valence-corrected chi connectivity index (χ3v) is 8.86. The molecule has 3 rings (SSSR count). The first-order valence-corrected chi connectivity index (χ1v) is 13.9. The van der Waals surface area contributed by atoms with Crippen molar-refractivity contribution in [2.75, 3.05) is 0 Å². The number of hydrogen-bond donors (Lipinski definition) is 0. The quantitative estimate of drug-likeness (QED) is 0.288. The Morgan fingerprint density at radius 3 is 1.91 bits per heavy atom. The highest BCUT2D eigenvalue weighted by molar-refractivity contribution is 5.63. The maximum absolute atomic E-state index is 4.66. The summed E-state index contributed by atoms with van der Waals surface area (Å²) < 4.78 is 0. The minimum Gasteiger partial charge on any atom is -0.0998 e. The molecule has 0 heteroatoms. The van der Waals surface area contributed by atoms with E-state index in [9.17, 15) is 0 Å². The Morgan fingerprint density at radius 2 is 1.37 bits per heavy atom. The molecular formula is C35H48. The first-order valence-electron chi connectivity index (χ1n) is 13.9. The highest BCUT2D eigenvalue weighted by Crippen LogP contribution is 2.45. The fourth-order valence-electron chi connectivity index (χ4n) is 5.92. The van der Waals surface area contributed by atoms with Crippen LogP contribution in [0, 0.1) is 29.6 Å². The fraction of sp³-hybridized carbons (Fsp3) is 0.486. The summed E-state index contributed by atoms with van der Waals surface area (Å²) in [5.41, 5.74) is 9.53. The Labute approximate surface area is 216 Å². The molecule has 0 aliphatic heterocycles. The monoisotopic (exact) mass is 468 g/mol. The van der Waals surface area contributed by atoms with Crippen LogP contribution in [0.2, 0.25) is 0 Å². The average molecular weight is 469 g/mol. The van der Waals surface area contributed by atoms with Crippen molar-refractivity contribution in [1.82, 2.24) is 0 Å². The molecule has 0 spiro atoms. The minimum absolute atomic E-state index is 0.468. The summed E-state index contributed by atoms with van der Waals surface area (Å²) in [4.78, 5) is 0. The van der Waals surface area contributed by atoms with Gasteiger partial charge >= 0.3 is 0 Å². The molecule has 0 N–H and O–H groups in total. The van der Waals surface area contributed by atoms with Gasteiger partial charge in [-0.3, -0.25) is 0 Å². The molecule has 0 heterocycles. The second kappa shape index (κ2) is 12.6. The van der Waals surface area contributed by atoms with E-state index in [4.69, 9.17) is 0 Å². The SMILES string of the molecule is C=C(CC1CC(C(=C)C[C@@H](Cc2ccc(CC)cc2)C(=C)C)C[C@@H](C)[C@@H]1C)c1ccc(CC)cc1. The van der Waals surface area contributed by atoms with Gasteiger partial charge in [0.2, 0.25) is 0 Å². The number of benzene rings is 2. The molecule has 0 amide bonds. The lowest BCUT2D eigenvalue weighted by Crippen LogP contribution is -2.31. The van der Waals surface area contributed by atoms with Gasteiger partial charge in [0, 0.05) is 0 Å². The molecule has 2 unspecified atom stereocenters. The normalized spacial score (nSPS) is 23.0. The van der Waals surface area contributed by atoms with Crippen molar-refractivity contribution in [2.45, 2.75) is 79.6 Å². The molecule has 0 bridgehead atoms. The van der Waals surface area contributed by atoms with Crippen LogP contribution in [0.25, 0.3) is 5.57 Å². The zero-order valence-corrected chi connectivity index (χ0v) is 23.1. The van der Waals surface area contributed by atoms with Crippen LogP contribution in [0.1, 0.15) is 82.6 Å². The molecule has 2 aromatic carbocycles. The van der Waals surface area contributed by atoms with Gasteiger partial charge < -0.3 is 0 Å². The van der Waals surface area contributed by atoms with E-state index >= 15 is 0 Å². The Kier molecular flexibility index (Phi) is 9.79. The molecule has 1 aliphatic carbocycles. The van der Waals surface area contributed by atoms with Crippen LogP contribution >= 0.6 is 0 Å². The molecule has 35 heavy (non-hydrogen) atoms. The van der Waals surface area contributed by atoms with Gasteiger partial charge in [0.05, 0.1) is 0 Å². The van der Waals surface area contributed by atoms with Crippen LogP contribution in [0.3, 0.4) is 0 Å². The van der Waals surface area contributed by atoms with Crippen LogP contribution in [0.4, 0.5) is 0 Å². The summed E-state index contributed by atoms with van der Waals surface area (Å²) in [5, 5.41) is 0. The molecule has 0 radical (unpaired) electrons. The van der Waals surface area contributed by atoms with E-state index < -0.39 is 0 Å². The molecule has 0 nitrogen and oxygen atoms in total. The molecule has 1 fully saturated rings. The fourth-order valence-corrected chi connectivity index (χ4v) is 5.92. The lowest BCUT2D eigenvalue weighted by Gasteiger charge is -2.41. The highest BCUT2D eigenvalue weighted by Gasteiger charge is 2.34. The van der Waals surface area contributed by atoms with Crippen molar-refractivity contribution in [2.24, 2.45) is 29.6 Å². The third kappa shape index (κ3) is 7.33. The maximum atomic E-state index is 4.66. The van der Waals surface area contributed by atoms with Gasteiger partial charge in [-0.05, 0) is 109 Å². The smallest absolute Gasteiger partial charge is 0.0131 e. The maximum Gasteiger partial charge on any atom is -0.0131 e. The molecule has 0 saturated heterocycles. The first kappa shape index (κ1) is 27.3. The molecule has 188 valence electrons. The topological polar surface area (TPSA) is 0 Å². The summed E-state index contributed by atoms with van der Waals surface area (Å²) in [6, 6.07) is 18.2. The van der Waals surface area contributed by atoms with E-state index in [2.05, 4.69) is 103 Å². The molecule has 1 saturated carbocycles. The summed E-state index contributed by atoms with van der Waals surface area (Å²) >= 11 is 0. The van der Waals surface area contributed by atoms with Gasteiger partial charge in [-0.15, -0.1) is 0 Å². The Hall–Kier alpha value is -2.34. The van der Waals surface area contributed by atoms with E-state index in [1.807, 2.05) is 0 Å². The van der Waals surface area contributed by atoms with E-state index in [0.717, 1.165) is 43.9 Å². The van der Waals surface area contributed by atoms with Gasteiger partial charge in [-0.2, -0.15) is 0 Å². The van der Waals surface area contributed by atoms with E-state index in [-0.39, 0.29) is 0 Å². The predicted octanol–water partition coefficient (Wildman–Crippen LogP) is 9.89. The minimum atomic E-state index is 0.468. The van der Waals surface area contributed by atoms with E-state index in [1.165, 1.54) is 51.8 Å². The van der Waals surface area contributed by atoms with Gasteiger partial charge in [0.15, 0.2) is 0 Å². The van der Waals surface area contributed by atoms with Gasteiger partial charge in [-0.1, -0.05) is 107 Å². The van der Waals surface area contributed by atoms with Crippen LogP contribution in [-0.2, 0) is 19.3 Å². The average Bonchev–Trinajstić information content (AvgIpc) is 2.86. The zero-order valence-electron chi connectivity index (χ0n) is 23.1. The van der Waals surface area contributed by atoms with Crippen molar-refractivity contribution in [3.63, 3.8) is 0 Å². The van der Waals surface area contributed by atoms with E-state index in [1.54, 1.807) is 0 Å². The summed E-state index contributed by atoms with van der Waals surface area (Å²) in [7, 11) is 0. The standard InChI is InChI=1S/C35H48/c1-9-29-11-13-31(14-12-29)22-33(24(3)4)20-27(7)34-19-25(5)28(8)35(23-34)21-26(6)32-17-15-30(10-2)16-18-32/h11-18,25,28,33-35H,3,6-7,9-10,19-23H2,1-2,4-5,8H3/t25-,28+,33+,34?,35?/m1/s1. The van der Waals surface area contributed by atoms with Crippen molar-refractivity contribution in [3.05, 3.63) is 102 Å². The van der Waals surface area contributed by atoms with Gasteiger partial charge in [0.1, 0.15) is 0 Å². The number of hydrogen-bond acceptors (Lipinski definition) is 0. The summed E-state index contributed by atoms with van der Waals surface area (Å²) in [5.74, 6) is 3.18. The second-order valence-corrected chi connectivity index (χ2v) is 11.4. The van der Waals surface area contributed by atoms with Crippen molar-refractivity contribution in [3.8, 4) is 0 Å². The zero-order chi connectivity index (χ0) is 25.5. The number of rotatable bonds is 11. The van der Waals surface area contributed by atoms with Crippen molar-refractivity contribution >= 4 is 5.57 Å². The Balaban J connectivity index is 1.65. The largest absolute Gasteiger partial charge is 0.0998 e. The molecule has 0 aromatic heterocycles. The van der Waals surface area contributed by atoms with Crippen LogP contribution in [0.5, 0.6) is 0 Å². The molecule has 2 aromatic rings. The molecular weight excluding hydrogens is 420 g/mol. The predicted molar refractivity (Wildman–Crippen MR) is 156 cm³/mol. The summed E-state index contributed by atoms with van der Waals surface area (Å²) in [6.07, 6.45) is 7.90. The Morgan fingerprint density at radius 1 is 0.829 bits per heavy atom. The number of allylic oxidation sites excluding steroid dienone is 3. The second-order valence-electron chi connectivity index (χ2n) is 11.4. The molecule has 1 aliphatic rings. The number of aryl methyl sites for hydroxylation is 2.